The van der Waals surface area contributed by atoms with E-state index in [9.17, 15) is 45.3 Å². The van der Waals surface area contributed by atoms with E-state index in [1.165, 1.54) is 18.2 Å². The molecule has 0 saturated heterocycles. The van der Waals surface area contributed by atoms with E-state index in [0.29, 0.717) is 0 Å². The van der Waals surface area contributed by atoms with Crippen molar-refractivity contribution in [1.29, 1.82) is 0 Å². The molecule has 6 rings (SSSR count). The van der Waals surface area contributed by atoms with Crippen LogP contribution in [0.3, 0.4) is 0 Å². The average molecular weight is 532 g/mol. The van der Waals surface area contributed by atoms with Crippen LogP contribution in [0.4, 0.5) is 0 Å². The third kappa shape index (κ3) is 3.33. The van der Waals surface area contributed by atoms with E-state index in [1.807, 2.05) is 0 Å². The molecule has 198 valence electrons. The minimum absolute atomic E-state index is 0.0359. The van der Waals surface area contributed by atoms with E-state index in [2.05, 4.69) is 0 Å². The number of aliphatic hydroxyl groups excluding tert-OH is 1. The molecule has 39 heavy (non-hydrogen) atoms. The Hall–Kier alpha value is -5.16. The minimum atomic E-state index is -0.901. The summed E-state index contributed by atoms with van der Waals surface area (Å²) in [7, 11) is 0. The van der Waals surface area contributed by atoms with Crippen LogP contribution in [-0.4, -0.2) is 54.2 Å². The van der Waals surface area contributed by atoms with Crippen molar-refractivity contribution in [3.05, 3.63) is 51.9 Å². The number of phenols is 5. The number of fused-ring (bicyclic) bond motifs is 4. The summed E-state index contributed by atoms with van der Waals surface area (Å²) in [4.78, 5) is 26.1. The Kier molecular flexibility index (Phi) is 5.07. The third-order valence-corrected chi connectivity index (χ3v) is 6.93. The van der Waals surface area contributed by atoms with Crippen molar-refractivity contribution in [1.82, 2.24) is 0 Å². The quantitative estimate of drug-likeness (QED) is 0.164. The van der Waals surface area contributed by atoms with Gasteiger partial charge in [-0.1, -0.05) is 0 Å². The van der Waals surface area contributed by atoms with Gasteiger partial charge in [-0.15, -0.1) is 0 Å². The van der Waals surface area contributed by atoms with Gasteiger partial charge in [0.2, 0.25) is 0 Å². The second kappa shape index (κ2) is 8.17. The Morgan fingerprint density at radius 2 is 1.38 bits per heavy atom. The van der Waals surface area contributed by atoms with Crippen molar-refractivity contribution in [2.75, 3.05) is 6.61 Å². The lowest BCUT2D eigenvalue weighted by Gasteiger charge is -2.26. The van der Waals surface area contributed by atoms with Crippen LogP contribution in [0.25, 0.3) is 43.6 Å². The maximum atomic E-state index is 13.4. The van der Waals surface area contributed by atoms with E-state index in [4.69, 9.17) is 9.15 Å². The van der Waals surface area contributed by atoms with Crippen molar-refractivity contribution in [3.63, 3.8) is 0 Å². The van der Waals surface area contributed by atoms with Crippen molar-refractivity contribution in [2.24, 2.45) is 0 Å². The van der Waals surface area contributed by atoms with Crippen molar-refractivity contribution < 1.29 is 49.7 Å². The van der Waals surface area contributed by atoms with Gasteiger partial charge in [-0.05, 0) is 19.1 Å². The summed E-state index contributed by atoms with van der Waals surface area (Å²) in [5, 5.41) is 73.5. The van der Waals surface area contributed by atoms with Crippen molar-refractivity contribution >= 4 is 38.3 Å². The Balaban J connectivity index is 1.81. The van der Waals surface area contributed by atoms with Gasteiger partial charge >= 0.3 is 0 Å². The zero-order chi connectivity index (χ0) is 27.9. The molecule has 1 aliphatic rings. The van der Waals surface area contributed by atoms with Gasteiger partial charge in [0.15, 0.2) is 11.2 Å². The molecule has 0 saturated carbocycles. The Morgan fingerprint density at radius 3 is 2.10 bits per heavy atom. The predicted octanol–water partition coefficient (Wildman–Crippen LogP) is 3.63. The molecule has 0 spiro atoms. The molecule has 4 aromatic carbocycles. The normalized spacial score (nSPS) is 15.1. The molecule has 0 fully saturated rings. The predicted molar refractivity (Wildman–Crippen MR) is 138 cm³/mol. The Morgan fingerprint density at radius 1 is 0.744 bits per heavy atom. The number of aliphatic hydroxyl groups is 1. The number of hydrogen-bond acceptors (Lipinski definition) is 11. The molecule has 1 atom stereocenters. The Labute approximate surface area is 217 Å². The number of ketones is 1. The fraction of sp³-hybridized carbons (Fsp3) is 0.143. The van der Waals surface area contributed by atoms with E-state index < -0.39 is 52.7 Å². The molecule has 0 aliphatic carbocycles. The first-order valence-electron chi connectivity index (χ1n) is 11.7. The summed E-state index contributed by atoms with van der Waals surface area (Å²) in [5.74, 6) is -3.80. The molecule has 1 unspecified atom stereocenters. The van der Waals surface area contributed by atoms with Gasteiger partial charge in [0.25, 0.3) is 0 Å². The number of benzene rings is 4. The highest BCUT2D eigenvalue weighted by Crippen LogP contribution is 2.52. The molecule has 5 aromatic rings. The highest BCUT2D eigenvalue weighted by molar-refractivity contribution is 6.18. The molecule has 7 N–H and O–H groups in total. The first-order valence-corrected chi connectivity index (χ1v) is 11.7. The number of rotatable bonds is 2. The number of carbonyl (C=O) groups excluding carboxylic acids is 1. The fourth-order valence-electron chi connectivity index (χ4n) is 5.33. The second-order valence-corrected chi connectivity index (χ2v) is 9.39. The molecule has 1 aromatic heterocycles. The SMILES string of the molecule is Cc1cc(O)c2c(O)c3c(O)cc(=O)c(-c4c(O)cc(O)c5c(O)c6c(cc45)OC(CO)CC6=O)c3cc2o1. The lowest BCUT2D eigenvalue weighted by molar-refractivity contribution is 0.0701. The zero-order valence-electron chi connectivity index (χ0n) is 20.1. The summed E-state index contributed by atoms with van der Waals surface area (Å²) < 4.78 is 11.3. The van der Waals surface area contributed by atoms with Gasteiger partial charge in [-0.2, -0.15) is 0 Å². The molecule has 0 amide bonds. The summed E-state index contributed by atoms with van der Waals surface area (Å²) >= 11 is 0. The van der Waals surface area contributed by atoms with Crippen LogP contribution >= 0.6 is 0 Å². The minimum Gasteiger partial charge on any atom is -0.507 e. The van der Waals surface area contributed by atoms with E-state index >= 15 is 0 Å². The zero-order valence-corrected chi connectivity index (χ0v) is 20.1. The number of phenolic OH excluding ortho intramolecular Hbond substituents is 5. The van der Waals surface area contributed by atoms with E-state index in [0.717, 1.165) is 12.1 Å². The highest BCUT2D eigenvalue weighted by Gasteiger charge is 2.33. The van der Waals surface area contributed by atoms with Gasteiger partial charge in [0.05, 0.1) is 23.8 Å². The third-order valence-electron chi connectivity index (χ3n) is 6.93. The molecule has 11 heteroatoms. The summed E-state index contributed by atoms with van der Waals surface area (Å²) in [6, 6.07) is 5.50. The summed E-state index contributed by atoms with van der Waals surface area (Å²) in [6.45, 7) is 1.06. The van der Waals surface area contributed by atoms with Crippen LogP contribution < -0.4 is 10.2 Å². The molecule has 11 nitrogen and oxygen atoms in total. The first-order chi connectivity index (χ1) is 18.5. The maximum Gasteiger partial charge on any atom is 0.190 e. The van der Waals surface area contributed by atoms with Crippen LogP contribution in [0.15, 0.2) is 39.5 Å². The van der Waals surface area contributed by atoms with Crippen LogP contribution in [0.2, 0.25) is 0 Å². The topological polar surface area (TPSA) is 198 Å². The number of hydrogen-bond donors (Lipinski definition) is 7. The number of carbonyl (C=O) groups is 1. The first kappa shape index (κ1) is 24.2. The van der Waals surface area contributed by atoms with Crippen molar-refractivity contribution in [3.8, 4) is 51.4 Å². The van der Waals surface area contributed by atoms with E-state index in [-0.39, 0.29) is 72.9 Å². The molecule has 0 bridgehead atoms. The van der Waals surface area contributed by atoms with Gasteiger partial charge in [0, 0.05) is 40.1 Å². The van der Waals surface area contributed by atoms with Gasteiger partial charge < -0.3 is 44.9 Å². The van der Waals surface area contributed by atoms with Gasteiger partial charge in [-0.3, -0.25) is 9.59 Å². The van der Waals surface area contributed by atoms with Crippen LogP contribution in [0, 0.1) is 6.92 Å². The lowest BCUT2D eigenvalue weighted by Crippen LogP contribution is -2.30. The monoisotopic (exact) mass is 532 g/mol. The average Bonchev–Trinajstić information content (AvgIpc) is 2.84. The molecule has 0 radical (unpaired) electrons. The summed E-state index contributed by atoms with van der Waals surface area (Å²) in [6.07, 6.45) is -1.12. The number of ether oxygens (including phenoxy) is 1. The molecule has 1 aliphatic heterocycles. The van der Waals surface area contributed by atoms with Gasteiger partial charge in [0.1, 0.15) is 68.6 Å². The number of aromatic hydroxyl groups is 6. The standard InChI is InChI=1S/C28H20O11/c1-9-2-13(30)25-19(38-9)4-11-21(15(32)6-17(34)23(11)27(25)36)22-12-5-20-26(14(31)3-10(8-29)39-20)28(37)24(12)18(35)7-16(22)33/h2,4-7,10,29-30,33-37H,3,8H2,1H3. The lowest BCUT2D eigenvalue weighted by atomic mass is 9.88. The van der Waals surface area contributed by atoms with Crippen LogP contribution in [0.1, 0.15) is 22.5 Å². The maximum absolute atomic E-state index is 13.4. The number of aryl methyl sites for hydroxylation is 1. The molecule has 2 heterocycles. The highest BCUT2D eigenvalue weighted by atomic mass is 16.5. The number of Topliss-reactive ketones (excluding diaryl/α,β-unsaturated/α-hetero) is 1. The fourth-order valence-corrected chi connectivity index (χ4v) is 5.33. The molecular weight excluding hydrogens is 512 g/mol. The van der Waals surface area contributed by atoms with Gasteiger partial charge in [-0.25, -0.2) is 0 Å². The van der Waals surface area contributed by atoms with E-state index in [1.54, 1.807) is 6.92 Å². The molecular formula is C28H20O11. The van der Waals surface area contributed by atoms with Crippen LogP contribution in [-0.2, 0) is 0 Å². The largest absolute Gasteiger partial charge is 0.507 e. The smallest absolute Gasteiger partial charge is 0.190 e. The van der Waals surface area contributed by atoms with Crippen LogP contribution in [0.5, 0.6) is 40.2 Å². The van der Waals surface area contributed by atoms with Crippen molar-refractivity contribution in [2.45, 2.75) is 19.4 Å². The second-order valence-electron chi connectivity index (χ2n) is 9.39. The Bertz CT molecular complexity index is 1970. The summed E-state index contributed by atoms with van der Waals surface area (Å²) in [5.41, 5.74) is -1.54.